The van der Waals surface area contributed by atoms with Crippen molar-refractivity contribution in [1.82, 2.24) is 15.1 Å². The molecule has 1 aromatic carbocycles. The molecule has 0 aliphatic carbocycles. The Morgan fingerprint density at radius 3 is 2.75 bits per heavy atom. The van der Waals surface area contributed by atoms with Gasteiger partial charge in [-0.25, -0.2) is 4.98 Å². The largest absolute Gasteiger partial charge is 0.474 e. The quantitative estimate of drug-likeness (QED) is 0.508. The number of carbonyl (C=O) groups is 1. The number of nitrogens with zero attached hydrogens (tertiary/aromatic N) is 3. The molecule has 6 nitrogen and oxygen atoms in total. The molecule has 146 valence electrons. The predicted octanol–water partition coefficient (Wildman–Crippen LogP) is 5.41. The Kier molecular flexibility index (Phi) is 6.31. The summed E-state index contributed by atoms with van der Waals surface area (Å²) in [6, 6.07) is 7.20. The molecule has 0 aliphatic rings. The van der Waals surface area contributed by atoms with Gasteiger partial charge in [0.25, 0.3) is 5.89 Å². The van der Waals surface area contributed by atoms with Crippen molar-refractivity contribution in [3.63, 3.8) is 0 Å². The lowest BCUT2D eigenvalue weighted by Crippen LogP contribution is -2.07. The third-order valence-electron chi connectivity index (χ3n) is 3.89. The molecule has 2 aromatic heterocycles. The van der Waals surface area contributed by atoms with Crippen LogP contribution in [0.1, 0.15) is 32.8 Å². The number of benzene rings is 1. The number of Topliss-reactive ketones (excluding diaryl/α,β-unsaturated/α-hetero) is 1. The summed E-state index contributed by atoms with van der Waals surface area (Å²) < 4.78 is 10.9. The minimum absolute atomic E-state index is 0.0386. The molecule has 2 heterocycles. The van der Waals surface area contributed by atoms with Crippen LogP contribution in [0.3, 0.4) is 0 Å². The average Bonchev–Trinajstić information content (AvgIpc) is 3.12. The molecule has 0 spiro atoms. The molecule has 0 radical (unpaired) electrons. The van der Waals surface area contributed by atoms with E-state index in [1.54, 1.807) is 25.3 Å². The van der Waals surface area contributed by atoms with E-state index in [4.69, 9.17) is 32.5 Å². The first-order chi connectivity index (χ1) is 13.3. The number of hydrogen-bond donors (Lipinski definition) is 0. The van der Waals surface area contributed by atoms with Gasteiger partial charge in [0.2, 0.25) is 11.7 Å². The molecule has 8 heteroatoms. The van der Waals surface area contributed by atoms with Crippen LogP contribution in [0, 0.1) is 0 Å². The molecular formula is C20H19Cl2N3O3. The molecule has 0 saturated carbocycles. The SMILES string of the molecule is CC(=O)CCc1cccc(-c2noc(-c3cnc(OC(C)C)c(Cl)c3)n2)c1Cl. The number of halogens is 2. The summed E-state index contributed by atoms with van der Waals surface area (Å²) in [5.41, 5.74) is 2.07. The maximum absolute atomic E-state index is 11.2. The fraction of sp³-hybridized carbons (Fsp3) is 0.300. The van der Waals surface area contributed by atoms with Gasteiger partial charge in [0.1, 0.15) is 10.8 Å². The van der Waals surface area contributed by atoms with E-state index in [1.807, 2.05) is 26.0 Å². The van der Waals surface area contributed by atoms with E-state index in [9.17, 15) is 4.79 Å². The van der Waals surface area contributed by atoms with Crippen LogP contribution in [0.2, 0.25) is 10.0 Å². The molecule has 0 fully saturated rings. The van der Waals surface area contributed by atoms with Gasteiger partial charge in [0.15, 0.2) is 0 Å². The molecule has 0 bridgehead atoms. The molecule has 3 aromatic rings. The maximum atomic E-state index is 11.2. The monoisotopic (exact) mass is 419 g/mol. The number of rotatable bonds is 7. The highest BCUT2D eigenvalue weighted by Crippen LogP contribution is 2.32. The Morgan fingerprint density at radius 1 is 1.29 bits per heavy atom. The third-order valence-corrected chi connectivity index (χ3v) is 4.61. The minimum atomic E-state index is -0.0386. The standard InChI is InChI=1S/C20H19Cl2N3O3/c1-11(2)27-20-16(21)9-14(10-23-20)19-24-18(25-28-19)15-6-4-5-13(17(15)22)8-7-12(3)26/h4-6,9-11H,7-8H2,1-3H3. The molecule has 3 rings (SSSR count). The number of carbonyl (C=O) groups excluding carboxylic acids is 1. The highest BCUT2D eigenvalue weighted by Gasteiger charge is 2.17. The van der Waals surface area contributed by atoms with Crippen LogP contribution < -0.4 is 4.74 Å². The first kappa shape index (κ1) is 20.3. The van der Waals surface area contributed by atoms with Crippen molar-refractivity contribution in [3.05, 3.63) is 46.1 Å². The van der Waals surface area contributed by atoms with E-state index in [2.05, 4.69) is 15.1 Å². The molecule has 0 atom stereocenters. The number of hydrogen-bond acceptors (Lipinski definition) is 6. The van der Waals surface area contributed by atoms with Gasteiger partial charge in [0.05, 0.1) is 16.7 Å². The average molecular weight is 420 g/mol. The van der Waals surface area contributed by atoms with E-state index < -0.39 is 0 Å². The van der Waals surface area contributed by atoms with Crippen LogP contribution in [0.5, 0.6) is 5.88 Å². The number of aryl methyl sites for hydroxylation is 1. The first-order valence-electron chi connectivity index (χ1n) is 8.78. The van der Waals surface area contributed by atoms with Gasteiger partial charge < -0.3 is 14.1 Å². The second-order valence-electron chi connectivity index (χ2n) is 6.58. The Morgan fingerprint density at radius 2 is 2.07 bits per heavy atom. The van der Waals surface area contributed by atoms with Crippen molar-refractivity contribution >= 4 is 29.0 Å². The second-order valence-corrected chi connectivity index (χ2v) is 7.37. The summed E-state index contributed by atoms with van der Waals surface area (Å²) >= 11 is 12.7. The van der Waals surface area contributed by atoms with Crippen LogP contribution in [0.15, 0.2) is 35.0 Å². The summed E-state index contributed by atoms with van der Waals surface area (Å²) in [6.07, 6.45) is 2.51. The second kappa shape index (κ2) is 8.71. The van der Waals surface area contributed by atoms with Gasteiger partial charge in [0, 0.05) is 18.2 Å². The van der Waals surface area contributed by atoms with Crippen molar-refractivity contribution in [1.29, 1.82) is 0 Å². The number of aromatic nitrogens is 3. The van der Waals surface area contributed by atoms with Crippen molar-refractivity contribution < 1.29 is 14.1 Å². The number of pyridine rings is 1. The van der Waals surface area contributed by atoms with E-state index in [1.165, 1.54) is 0 Å². The predicted molar refractivity (Wildman–Crippen MR) is 108 cm³/mol. The summed E-state index contributed by atoms with van der Waals surface area (Å²) in [6.45, 7) is 5.34. The minimum Gasteiger partial charge on any atom is -0.474 e. The van der Waals surface area contributed by atoms with Gasteiger partial charge in [-0.1, -0.05) is 40.5 Å². The fourth-order valence-electron chi connectivity index (χ4n) is 2.56. The highest BCUT2D eigenvalue weighted by molar-refractivity contribution is 6.34. The topological polar surface area (TPSA) is 78.1 Å². The summed E-state index contributed by atoms with van der Waals surface area (Å²) in [7, 11) is 0. The zero-order chi connectivity index (χ0) is 20.3. The van der Waals surface area contributed by atoms with Gasteiger partial charge in [-0.05, 0) is 44.9 Å². The van der Waals surface area contributed by atoms with Crippen molar-refractivity contribution in [3.8, 4) is 28.7 Å². The van der Waals surface area contributed by atoms with E-state index >= 15 is 0 Å². The van der Waals surface area contributed by atoms with Crippen molar-refractivity contribution in [2.24, 2.45) is 0 Å². The van der Waals surface area contributed by atoms with Crippen LogP contribution in [-0.2, 0) is 11.2 Å². The lowest BCUT2D eigenvalue weighted by Gasteiger charge is -2.09. The maximum Gasteiger partial charge on any atom is 0.259 e. The van der Waals surface area contributed by atoms with Gasteiger partial charge in [-0.2, -0.15) is 4.98 Å². The van der Waals surface area contributed by atoms with Crippen LogP contribution in [-0.4, -0.2) is 27.0 Å². The van der Waals surface area contributed by atoms with E-state index in [0.29, 0.717) is 45.7 Å². The normalized spacial score (nSPS) is 11.1. The number of ether oxygens (including phenoxy) is 1. The van der Waals surface area contributed by atoms with Gasteiger partial charge in [-0.3, -0.25) is 0 Å². The molecule has 0 saturated heterocycles. The smallest absolute Gasteiger partial charge is 0.259 e. The zero-order valence-corrected chi connectivity index (χ0v) is 17.2. The molecule has 0 unspecified atom stereocenters. The third kappa shape index (κ3) is 4.69. The van der Waals surface area contributed by atoms with Gasteiger partial charge >= 0.3 is 0 Å². The zero-order valence-electron chi connectivity index (χ0n) is 15.7. The summed E-state index contributed by atoms with van der Waals surface area (Å²) in [5.74, 6) is 1.08. The van der Waals surface area contributed by atoms with Crippen LogP contribution in [0.25, 0.3) is 22.8 Å². The first-order valence-corrected chi connectivity index (χ1v) is 9.54. The Labute approximate surface area is 172 Å². The molecule has 0 aliphatic heterocycles. The van der Waals surface area contributed by atoms with Crippen LogP contribution in [0.4, 0.5) is 0 Å². The Hall–Kier alpha value is -2.44. The van der Waals surface area contributed by atoms with Crippen molar-refractivity contribution in [2.45, 2.75) is 39.7 Å². The van der Waals surface area contributed by atoms with Crippen molar-refractivity contribution in [2.75, 3.05) is 0 Å². The summed E-state index contributed by atoms with van der Waals surface area (Å²) in [4.78, 5) is 19.9. The van der Waals surface area contributed by atoms with Crippen LogP contribution >= 0.6 is 23.2 Å². The molecule has 0 amide bonds. The molecule has 0 N–H and O–H groups in total. The lowest BCUT2D eigenvalue weighted by atomic mass is 10.0. The number of ketones is 1. The van der Waals surface area contributed by atoms with Gasteiger partial charge in [-0.15, -0.1) is 0 Å². The summed E-state index contributed by atoms with van der Waals surface area (Å²) in [5, 5.41) is 4.88. The molecular weight excluding hydrogens is 401 g/mol. The van der Waals surface area contributed by atoms with E-state index in [0.717, 1.165) is 5.56 Å². The Bertz CT molecular complexity index is 1000. The highest BCUT2D eigenvalue weighted by atomic mass is 35.5. The fourth-order valence-corrected chi connectivity index (χ4v) is 3.07. The lowest BCUT2D eigenvalue weighted by molar-refractivity contribution is -0.116. The Balaban J connectivity index is 1.87. The van der Waals surface area contributed by atoms with E-state index in [-0.39, 0.29) is 17.8 Å². The molecule has 28 heavy (non-hydrogen) atoms.